The van der Waals surface area contributed by atoms with Gasteiger partial charge in [-0.05, 0) is 43.2 Å². The number of para-hydroxylation sites is 1. The van der Waals surface area contributed by atoms with Gasteiger partial charge >= 0.3 is 5.97 Å². The van der Waals surface area contributed by atoms with Crippen molar-refractivity contribution in [3.63, 3.8) is 0 Å². The summed E-state index contributed by atoms with van der Waals surface area (Å²) >= 11 is 0. The van der Waals surface area contributed by atoms with Gasteiger partial charge in [-0.2, -0.15) is 0 Å². The lowest BCUT2D eigenvalue weighted by Gasteiger charge is -2.41. The van der Waals surface area contributed by atoms with Gasteiger partial charge in [-0.25, -0.2) is 4.79 Å². The molecule has 25 heavy (non-hydrogen) atoms. The zero-order valence-corrected chi connectivity index (χ0v) is 14.5. The van der Waals surface area contributed by atoms with E-state index in [1.54, 1.807) is 0 Å². The van der Waals surface area contributed by atoms with Gasteiger partial charge in [-0.3, -0.25) is 4.90 Å². The van der Waals surface area contributed by atoms with Crippen LogP contribution in [0.4, 0.5) is 5.69 Å². The molecule has 0 amide bonds. The fraction of sp³-hybridized carbons (Fsp3) is 0.550. The van der Waals surface area contributed by atoms with E-state index in [-0.39, 0.29) is 18.0 Å². The third-order valence-corrected chi connectivity index (χ3v) is 6.89. The molecule has 1 spiro atoms. The molecule has 0 aromatic heterocycles. The molecule has 5 nitrogen and oxygen atoms in total. The highest BCUT2D eigenvalue weighted by Crippen LogP contribution is 2.62. The summed E-state index contributed by atoms with van der Waals surface area (Å²) in [4.78, 5) is 15.2. The Bertz CT molecular complexity index is 774. The molecule has 2 N–H and O–H groups in total. The highest BCUT2D eigenvalue weighted by atomic mass is 16.5. The van der Waals surface area contributed by atoms with Crippen LogP contribution in [0.25, 0.3) is 0 Å². The number of hydrogen-bond acceptors (Lipinski definition) is 5. The summed E-state index contributed by atoms with van der Waals surface area (Å²) in [5.74, 6) is 0.252. The van der Waals surface area contributed by atoms with Gasteiger partial charge in [0.1, 0.15) is 0 Å². The van der Waals surface area contributed by atoms with Crippen LogP contribution in [0.15, 0.2) is 35.5 Å². The molecule has 0 radical (unpaired) electrons. The zero-order chi connectivity index (χ0) is 17.2. The number of aliphatic hydroxyl groups excluding tert-OH is 1. The van der Waals surface area contributed by atoms with Crippen LogP contribution in [0.3, 0.4) is 0 Å². The first-order chi connectivity index (χ1) is 12.2. The third-order valence-electron chi connectivity index (χ3n) is 6.89. The van der Waals surface area contributed by atoms with Crippen LogP contribution < -0.4 is 5.32 Å². The molecule has 0 bridgehead atoms. The van der Waals surface area contributed by atoms with Crippen LogP contribution in [0, 0.1) is 5.92 Å². The predicted octanol–water partition coefficient (Wildman–Crippen LogP) is 2.03. The topological polar surface area (TPSA) is 61.8 Å². The number of methoxy groups -OCH3 is 1. The van der Waals surface area contributed by atoms with Crippen molar-refractivity contribution in [2.75, 3.05) is 25.6 Å². The van der Waals surface area contributed by atoms with E-state index in [1.165, 1.54) is 12.7 Å². The van der Waals surface area contributed by atoms with Crippen molar-refractivity contribution >= 4 is 11.7 Å². The summed E-state index contributed by atoms with van der Waals surface area (Å²) in [6.45, 7) is 1.26. The van der Waals surface area contributed by atoms with Gasteiger partial charge in [0.05, 0.1) is 18.1 Å². The Morgan fingerprint density at radius 1 is 1.44 bits per heavy atom. The van der Waals surface area contributed by atoms with Crippen molar-refractivity contribution in [1.82, 2.24) is 4.90 Å². The van der Waals surface area contributed by atoms with Gasteiger partial charge in [0.25, 0.3) is 0 Å². The molecule has 1 aliphatic carbocycles. The number of nitrogens with one attached hydrogen (secondary N) is 1. The van der Waals surface area contributed by atoms with Gasteiger partial charge < -0.3 is 15.2 Å². The fourth-order valence-corrected chi connectivity index (χ4v) is 6.15. The zero-order valence-electron chi connectivity index (χ0n) is 14.5. The number of rotatable bonds is 3. The molecule has 4 aliphatic rings. The molecule has 132 valence electrons. The van der Waals surface area contributed by atoms with E-state index in [1.807, 2.05) is 6.07 Å². The quantitative estimate of drug-likeness (QED) is 0.825. The Labute approximate surface area is 147 Å². The van der Waals surface area contributed by atoms with E-state index in [2.05, 4.69) is 28.4 Å². The second kappa shape index (κ2) is 5.32. The average Bonchev–Trinajstić information content (AvgIpc) is 3.29. The minimum absolute atomic E-state index is 0.118. The number of carbonyl (C=O) groups excluding carboxylic acids is 1. The van der Waals surface area contributed by atoms with E-state index in [0.29, 0.717) is 18.0 Å². The summed E-state index contributed by atoms with van der Waals surface area (Å²) < 4.78 is 5.13. The predicted molar refractivity (Wildman–Crippen MR) is 94.1 cm³/mol. The van der Waals surface area contributed by atoms with Crippen LogP contribution in [0.5, 0.6) is 0 Å². The molecule has 5 rings (SSSR count). The van der Waals surface area contributed by atoms with Gasteiger partial charge in [-0.15, -0.1) is 0 Å². The van der Waals surface area contributed by atoms with Crippen molar-refractivity contribution in [2.45, 2.75) is 43.2 Å². The normalized spacial score (nSPS) is 35.2. The molecule has 1 aromatic rings. The van der Waals surface area contributed by atoms with Crippen molar-refractivity contribution in [2.24, 2.45) is 5.92 Å². The largest absolute Gasteiger partial charge is 0.466 e. The molecule has 0 unspecified atom stereocenters. The Hall–Kier alpha value is -1.85. The van der Waals surface area contributed by atoms with E-state index in [4.69, 9.17) is 4.74 Å². The maximum atomic E-state index is 12.6. The lowest BCUT2D eigenvalue weighted by atomic mass is 9.63. The third kappa shape index (κ3) is 1.83. The van der Waals surface area contributed by atoms with Crippen molar-refractivity contribution < 1.29 is 14.6 Å². The molecule has 4 atom stereocenters. The molecule has 5 heteroatoms. The second-order valence-corrected chi connectivity index (χ2v) is 7.79. The molecule has 2 saturated heterocycles. The lowest BCUT2D eigenvalue weighted by Crippen LogP contribution is -2.48. The van der Waals surface area contributed by atoms with Crippen LogP contribution >= 0.6 is 0 Å². The summed E-state index contributed by atoms with van der Waals surface area (Å²) in [5, 5.41) is 13.1. The molecule has 2 fully saturated rings. The van der Waals surface area contributed by atoms with Crippen molar-refractivity contribution in [3.05, 3.63) is 41.1 Å². The standard InChI is InChI=1S/C20H24N2O3/c1-25-19(24)14-11-12-10-13(6-9-23)22-8-7-20(18(12)22)15-4-2-3-5-16(15)21-17(14)20/h2-5,12-13,18,21,23H,6-11H2,1H3/t12-,13+,18-,20-/m1/s1. The van der Waals surface area contributed by atoms with Gasteiger partial charge in [-0.1, -0.05) is 18.2 Å². The minimum Gasteiger partial charge on any atom is -0.466 e. The van der Waals surface area contributed by atoms with Crippen molar-refractivity contribution in [1.29, 1.82) is 0 Å². The molecule has 3 aliphatic heterocycles. The number of fused-ring (bicyclic) bond motifs is 1. The van der Waals surface area contributed by atoms with E-state index < -0.39 is 0 Å². The Morgan fingerprint density at radius 2 is 2.28 bits per heavy atom. The highest BCUT2D eigenvalue weighted by Gasteiger charge is 2.64. The number of anilines is 1. The van der Waals surface area contributed by atoms with Gasteiger partial charge in [0, 0.05) is 36.6 Å². The Morgan fingerprint density at radius 3 is 3.08 bits per heavy atom. The number of hydrogen-bond donors (Lipinski definition) is 2. The number of carbonyl (C=O) groups is 1. The van der Waals surface area contributed by atoms with Gasteiger partial charge in [0.2, 0.25) is 0 Å². The maximum absolute atomic E-state index is 12.6. The molecular weight excluding hydrogens is 316 g/mol. The van der Waals surface area contributed by atoms with Crippen LogP contribution in [0.2, 0.25) is 0 Å². The highest BCUT2D eigenvalue weighted by molar-refractivity contribution is 5.93. The summed E-state index contributed by atoms with van der Waals surface area (Å²) in [6, 6.07) is 9.32. The minimum atomic E-state index is -0.197. The SMILES string of the molecule is COC(=O)C1=C2Nc3ccccc3[C@]23CCN2[C@@H](CCO)C[C@H](C1)[C@@H]23. The molecule has 0 saturated carbocycles. The van der Waals surface area contributed by atoms with Gasteiger partial charge in [0.15, 0.2) is 0 Å². The first-order valence-electron chi connectivity index (χ1n) is 9.25. The molecule has 1 aromatic carbocycles. The van der Waals surface area contributed by atoms with Crippen LogP contribution in [-0.2, 0) is 14.9 Å². The smallest absolute Gasteiger partial charge is 0.335 e. The molecular formula is C20H24N2O3. The lowest BCUT2D eigenvalue weighted by molar-refractivity contribution is -0.136. The number of esters is 1. The summed E-state index contributed by atoms with van der Waals surface area (Å²) in [5.41, 5.74) is 4.24. The van der Waals surface area contributed by atoms with Crippen LogP contribution in [-0.4, -0.2) is 48.3 Å². The van der Waals surface area contributed by atoms with E-state index in [9.17, 15) is 9.90 Å². The van der Waals surface area contributed by atoms with Crippen molar-refractivity contribution in [3.8, 4) is 0 Å². The number of aliphatic hydroxyl groups is 1. The Kier molecular flexibility index (Phi) is 3.28. The number of benzene rings is 1. The average molecular weight is 340 g/mol. The fourth-order valence-electron chi connectivity index (χ4n) is 6.15. The van der Waals surface area contributed by atoms with Crippen LogP contribution in [0.1, 0.15) is 31.2 Å². The molecule has 3 heterocycles. The monoisotopic (exact) mass is 340 g/mol. The van der Waals surface area contributed by atoms with E-state index >= 15 is 0 Å². The summed E-state index contributed by atoms with van der Waals surface area (Å²) in [6.07, 6.45) is 3.67. The van der Waals surface area contributed by atoms with E-state index in [0.717, 1.165) is 49.2 Å². The first-order valence-corrected chi connectivity index (χ1v) is 9.25. The first kappa shape index (κ1) is 15.4. The Balaban J connectivity index is 1.70. The second-order valence-electron chi connectivity index (χ2n) is 7.79. The maximum Gasteiger partial charge on any atom is 0.335 e. The number of ether oxygens (including phenoxy) is 1. The number of nitrogens with zero attached hydrogens (tertiary/aromatic N) is 1. The summed E-state index contributed by atoms with van der Waals surface area (Å²) in [7, 11) is 1.47.